The molecule has 0 bridgehead atoms. The van der Waals surface area contributed by atoms with Gasteiger partial charge in [-0.25, -0.2) is 4.99 Å². The summed E-state index contributed by atoms with van der Waals surface area (Å²) in [5, 5.41) is 21.7. The van der Waals surface area contributed by atoms with E-state index in [0.29, 0.717) is 0 Å². The van der Waals surface area contributed by atoms with Crippen LogP contribution in [0.3, 0.4) is 0 Å². The molecular weight excluding hydrogens is 544 g/mol. The van der Waals surface area contributed by atoms with Crippen LogP contribution in [-0.2, 0) is 40.6 Å². The van der Waals surface area contributed by atoms with Crippen LogP contribution in [0.1, 0.15) is 44.6 Å². The van der Waals surface area contributed by atoms with Crippen LogP contribution in [0.5, 0.6) is 0 Å². The third-order valence-corrected chi connectivity index (χ3v) is 6.72. The van der Waals surface area contributed by atoms with Gasteiger partial charge in [0.25, 0.3) is 5.84 Å². The zero-order chi connectivity index (χ0) is 31.0. The van der Waals surface area contributed by atoms with E-state index in [1.807, 2.05) is 12.1 Å². The molecule has 1 aliphatic rings. The second-order valence-electron chi connectivity index (χ2n) is 10.5. The fourth-order valence-electron chi connectivity index (χ4n) is 4.17. The van der Waals surface area contributed by atoms with E-state index in [1.165, 1.54) is 12.1 Å². The highest BCUT2D eigenvalue weighted by molar-refractivity contribution is 5.99. The minimum Gasteiger partial charge on any atom is -0.463 e. The Morgan fingerprint density at radius 2 is 1.90 bits per heavy atom. The van der Waals surface area contributed by atoms with E-state index in [1.54, 1.807) is 52.0 Å². The molecule has 13 nitrogen and oxygen atoms in total. The summed E-state index contributed by atoms with van der Waals surface area (Å²) in [4.78, 5) is 47.2. The predicted octanol–water partition coefficient (Wildman–Crippen LogP) is -0.829. The van der Waals surface area contributed by atoms with Crippen LogP contribution in [0.4, 0.5) is 0 Å². The Hall–Kier alpha value is -4.38. The minimum atomic E-state index is -2.08. The number of aliphatic hydroxyl groups is 1. The molecule has 3 rings (SSSR count). The molecule has 42 heavy (non-hydrogen) atoms. The van der Waals surface area contributed by atoms with Gasteiger partial charge in [-0.3, -0.25) is 14.4 Å². The number of nitrogens with two attached hydrogens (primary N) is 2. The van der Waals surface area contributed by atoms with Gasteiger partial charge in [-0.2, -0.15) is 5.26 Å². The SMILES string of the molecule is CC(C)C(=O)N=C([NH+]=CN)c1ccc([C@]2(C#N)O[C@H](COC(=O)Cc3ccccc3)[C@@H](OC(=O)[C@@H](N)C(C)C)[C@H]2O)[nH]1. The number of amides is 1. The fourth-order valence-corrected chi connectivity index (χ4v) is 4.17. The molecule has 5 atom stereocenters. The molecular formula is C29H37N6O7+. The Labute approximate surface area is 243 Å². The number of aliphatic hydroxyl groups excluding tert-OH is 1. The van der Waals surface area contributed by atoms with E-state index in [0.717, 1.165) is 11.9 Å². The summed E-state index contributed by atoms with van der Waals surface area (Å²) in [5.74, 6) is -2.42. The molecule has 0 unspecified atom stereocenters. The lowest BCUT2D eigenvalue weighted by molar-refractivity contribution is -0.309. The average Bonchev–Trinajstić information content (AvgIpc) is 3.55. The molecule has 1 aliphatic heterocycles. The number of hydrogen-bond donors (Lipinski definition) is 5. The van der Waals surface area contributed by atoms with Gasteiger partial charge in [0.1, 0.15) is 36.6 Å². The van der Waals surface area contributed by atoms with Crippen molar-refractivity contribution in [2.24, 2.45) is 28.3 Å². The van der Waals surface area contributed by atoms with Crippen LogP contribution >= 0.6 is 0 Å². The summed E-state index contributed by atoms with van der Waals surface area (Å²) < 4.78 is 17.0. The summed E-state index contributed by atoms with van der Waals surface area (Å²) in [6.45, 7) is 6.40. The van der Waals surface area contributed by atoms with Gasteiger partial charge in [-0.1, -0.05) is 63.0 Å². The van der Waals surface area contributed by atoms with Crippen LogP contribution < -0.4 is 16.5 Å². The number of benzene rings is 1. The number of esters is 2. The van der Waals surface area contributed by atoms with Gasteiger partial charge in [0, 0.05) is 0 Å². The number of rotatable bonds is 10. The maximum atomic E-state index is 12.8. The molecule has 0 radical (unpaired) electrons. The number of H-pyrrole nitrogens is 1. The van der Waals surface area contributed by atoms with Crippen LogP contribution in [0, 0.1) is 23.2 Å². The van der Waals surface area contributed by atoms with Crippen molar-refractivity contribution in [1.29, 1.82) is 5.26 Å². The Morgan fingerprint density at radius 3 is 2.50 bits per heavy atom. The molecule has 1 fully saturated rings. The van der Waals surface area contributed by atoms with Gasteiger partial charge in [0.15, 0.2) is 12.4 Å². The zero-order valence-corrected chi connectivity index (χ0v) is 23.9. The molecule has 7 N–H and O–H groups in total. The van der Waals surface area contributed by atoms with E-state index in [9.17, 15) is 24.8 Å². The molecule has 0 spiro atoms. The lowest BCUT2D eigenvalue weighted by Gasteiger charge is -2.25. The topological polar surface area (TPSA) is 217 Å². The lowest BCUT2D eigenvalue weighted by Crippen LogP contribution is -2.76. The molecule has 2 aromatic rings. The maximum Gasteiger partial charge on any atom is 0.323 e. The smallest absolute Gasteiger partial charge is 0.323 e. The highest BCUT2D eigenvalue weighted by Crippen LogP contribution is 2.41. The number of aromatic amines is 1. The number of carbonyl (C=O) groups is 3. The first-order valence-electron chi connectivity index (χ1n) is 13.5. The summed E-state index contributed by atoms with van der Waals surface area (Å²) >= 11 is 0. The van der Waals surface area contributed by atoms with Gasteiger partial charge in [0.2, 0.25) is 5.60 Å². The van der Waals surface area contributed by atoms with Crippen molar-refractivity contribution >= 4 is 30.0 Å². The van der Waals surface area contributed by atoms with Crippen LogP contribution in [0.25, 0.3) is 0 Å². The number of carbonyl (C=O) groups excluding carboxylic acids is 3. The van der Waals surface area contributed by atoms with E-state index in [4.69, 9.17) is 25.7 Å². The molecule has 224 valence electrons. The number of amidine groups is 1. The van der Waals surface area contributed by atoms with Crippen molar-refractivity contribution in [2.45, 2.75) is 64.1 Å². The van der Waals surface area contributed by atoms with Gasteiger partial charge < -0.3 is 35.8 Å². The fraction of sp³-hybridized carbons (Fsp3) is 0.448. The van der Waals surface area contributed by atoms with Crippen LogP contribution in [-0.4, -0.2) is 71.1 Å². The Morgan fingerprint density at radius 1 is 1.21 bits per heavy atom. The van der Waals surface area contributed by atoms with Gasteiger partial charge >= 0.3 is 17.8 Å². The number of nitriles is 1. The van der Waals surface area contributed by atoms with E-state index in [-0.39, 0.29) is 29.6 Å². The van der Waals surface area contributed by atoms with Crippen molar-refractivity contribution in [2.75, 3.05) is 6.61 Å². The van der Waals surface area contributed by atoms with Gasteiger partial charge in [0.05, 0.1) is 18.0 Å². The molecule has 1 saturated heterocycles. The molecule has 13 heteroatoms. The monoisotopic (exact) mass is 581 g/mol. The number of aromatic nitrogens is 1. The van der Waals surface area contributed by atoms with Crippen molar-refractivity contribution in [3.63, 3.8) is 0 Å². The minimum absolute atomic E-state index is 0.0233. The first-order valence-corrected chi connectivity index (χ1v) is 13.5. The molecule has 1 aromatic heterocycles. The van der Waals surface area contributed by atoms with Gasteiger partial charge in [-0.15, -0.1) is 0 Å². The third-order valence-electron chi connectivity index (χ3n) is 6.72. The average molecular weight is 582 g/mol. The number of nitrogens with one attached hydrogen (secondary N) is 2. The Kier molecular flexibility index (Phi) is 10.7. The Bertz CT molecular complexity index is 1360. The highest BCUT2D eigenvalue weighted by atomic mass is 16.6. The highest BCUT2D eigenvalue weighted by Gasteiger charge is 2.59. The molecule has 1 aromatic carbocycles. The molecule has 0 aliphatic carbocycles. The summed E-state index contributed by atoms with van der Waals surface area (Å²) in [5.41, 5.74) is 10.4. The summed E-state index contributed by atoms with van der Waals surface area (Å²) in [7, 11) is 0. The second-order valence-corrected chi connectivity index (χ2v) is 10.5. The predicted molar refractivity (Wildman–Crippen MR) is 150 cm³/mol. The van der Waals surface area contributed by atoms with Gasteiger partial charge in [-0.05, 0) is 23.6 Å². The number of nitrogens with zero attached hydrogens (tertiary/aromatic N) is 2. The van der Waals surface area contributed by atoms with Crippen LogP contribution in [0.15, 0.2) is 47.5 Å². The quantitative estimate of drug-likeness (QED) is 0.133. The van der Waals surface area contributed by atoms with E-state index in [2.05, 4.69) is 15.0 Å². The van der Waals surface area contributed by atoms with Crippen LogP contribution in [0.2, 0.25) is 0 Å². The molecule has 2 heterocycles. The van der Waals surface area contributed by atoms with E-state index < -0.39 is 60.3 Å². The third kappa shape index (κ3) is 7.27. The second kappa shape index (κ2) is 14.0. The maximum absolute atomic E-state index is 12.8. The molecule has 0 saturated carbocycles. The first-order chi connectivity index (χ1) is 19.9. The number of ether oxygens (including phenoxy) is 3. The first kappa shape index (κ1) is 32.1. The van der Waals surface area contributed by atoms with Crippen molar-refractivity contribution in [3.05, 3.63) is 59.4 Å². The normalized spacial score (nSPS) is 23.2. The van der Waals surface area contributed by atoms with Crippen molar-refractivity contribution < 1.29 is 38.7 Å². The molecule has 1 amide bonds. The number of aliphatic imine (C=N–C) groups is 1. The van der Waals surface area contributed by atoms with Crippen molar-refractivity contribution in [3.8, 4) is 6.07 Å². The lowest BCUT2D eigenvalue weighted by atomic mass is 9.92. The largest absolute Gasteiger partial charge is 0.463 e. The summed E-state index contributed by atoms with van der Waals surface area (Å²) in [6, 6.07) is 12.9. The zero-order valence-electron chi connectivity index (χ0n) is 23.9. The Balaban J connectivity index is 1.93. The number of hydrogen-bond acceptors (Lipinski definition) is 9. The van der Waals surface area contributed by atoms with Crippen molar-refractivity contribution in [1.82, 2.24) is 4.98 Å². The summed E-state index contributed by atoms with van der Waals surface area (Å²) in [6.07, 6.45) is -3.29. The standard InChI is InChI=1S/C29H36N6O7/c1-16(2)23(32)28(39)41-24-20(13-40-22(36)12-18-8-6-5-7-9-18)42-29(14-30,25(24)37)21-11-10-19(34-21)26(33-15-31)35-27(38)17(3)4/h5-11,15-17,20,23-25,34,37H,12-13,32H2,1-4H3,(H2,31,33,35,38)/p+1/t20-,23+,24-,25-,29+/m1/s1. The van der Waals surface area contributed by atoms with E-state index >= 15 is 0 Å².